The Morgan fingerprint density at radius 2 is 1.86 bits per heavy atom. The molecule has 2 aromatic carbocycles. The third-order valence-corrected chi connectivity index (χ3v) is 5.19. The van der Waals surface area contributed by atoms with Crippen LogP contribution in [0.3, 0.4) is 0 Å². The van der Waals surface area contributed by atoms with Crippen molar-refractivity contribution in [1.82, 2.24) is 5.32 Å². The van der Waals surface area contributed by atoms with Crippen LogP contribution in [0.1, 0.15) is 23.6 Å². The Bertz CT molecular complexity index is 978. The van der Waals surface area contributed by atoms with Gasteiger partial charge in [-0.1, -0.05) is 53.0 Å². The van der Waals surface area contributed by atoms with Crippen LogP contribution in [0.15, 0.2) is 46.3 Å². The summed E-state index contributed by atoms with van der Waals surface area (Å²) in [4.78, 5) is 27.2. The predicted molar refractivity (Wildman–Crippen MR) is 114 cm³/mol. The maximum absolute atomic E-state index is 12.0. The highest BCUT2D eigenvalue weighted by molar-refractivity contribution is 8.18. The minimum absolute atomic E-state index is 0.249. The highest BCUT2D eigenvalue weighted by atomic mass is 35.5. The molecule has 1 N–H and O–H groups in total. The van der Waals surface area contributed by atoms with Gasteiger partial charge in [0, 0.05) is 6.92 Å². The Kier molecular flexibility index (Phi) is 6.44. The molecule has 0 saturated carbocycles. The van der Waals surface area contributed by atoms with Gasteiger partial charge in [-0.05, 0) is 48.0 Å². The van der Waals surface area contributed by atoms with Crippen LogP contribution in [0, 0.1) is 6.92 Å². The second kappa shape index (κ2) is 8.82. The highest BCUT2D eigenvalue weighted by Gasteiger charge is 2.22. The van der Waals surface area contributed by atoms with Crippen molar-refractivity contribution in [3.63, 3.8) is 0 Å². The minimum Gasteiger partial charge on any atom is -0.486 e. The number of halogens is 2. The summed E-state index contributed by atoms with van der Waals surface area (Å²) in [5.41, 5.74) is 2.80. The van der Waals surface area contributed by atoms with E-state index in [1.54, 1.807) is 18.2 Å². The molecule has 1 heterocycles. The second-order valence-corrected chi connectivity index (χ2v) is 7.95. The highest BCUT2D eigenvalue weighted by Crippen LogP contribution is 2.36. The topological polar surface area (TPSA) is 67.8 Å². The second-order valence-electron chi connectivity index (χ2n) is 6.10. The molecule has 0 bridgehead atoms. The lowest BCUT2D eigenvalue weighted by Gasteiger charge is -2.11. The molecule has 5 nitrogen and oxygen atoms in total. The van der Waals surface area contributed by atoms with Gasteiger partial charge in [0.2, 0.25) is 5.91 Å². The van der Waals surface area contributed by atoms with E-state index < -0.39 is 5.91 Å². The summed E-state index contributed by atoms with van der Waals surface area (Å²) in [6.45, 7) is 3.70. The lowest BCUT2D eigenvalue weighted by Crippen LogP contribution is -2.23. The molecule has 1 aliphatic heterocycles. The molecule has 0 radical (unpaired) electrons. The molecule has 28 heavy (non-hydrogen) atoms. The molecule has 0 fully saturated rings. The zero-order valence-electron chi connectivity index (χ0n) is 15.1. The van der Waals surface area contributed by atoms with Gasteiger partial charge in [-0.15, -0.1) is 0 Å². The van der Waals surface area contributed by atoms with Crippen LogP contribution in [-0.2, 0) is 16.2 Å². The molecule has 8 heteroatoms. The summed E-state index contributed by atoms with van der Waals surface area (Å²) in [7, 11) is 0. The molecule has 144 valence electrons. The van der Waals surface area contributed by atoms with E-state index in [1.165, 1.54) is 12.5 Å². The molecule has 0 aliphatic carbocycles. The normalized spacial score (nSPS) is 14.9. The van der Waals surface area contributed by atoms with Gasteiger partial charge in [0.25, 0.3) is 5.91 Å². The van der Waals surface area contributed by atoms with Gasteiger partial charge < -0.3 is 10.1 Å². The summed E-state index contributed by atoms with van der Waals surface area (Å²) in [6.07, 6.45) is 1.62. The SMILES string of the molecule is CC(=O)NC1=NC(=O)/C(=C\c2cc(Cl)c(OCc3ccc(C)cc3)c(Cl)c2)S1. The number of rotatable bonds is 4. The van der Waals surface area contributed by atoms with Gasteiger partial charge in [0.05, 0.1) is 15.0 Å². The van der Waals surface area contributed by atoms with E-state index in [1.807, 2.05) is 31.2 Å². The Labute approximate surface area is 176 Å². The van der Waals surface area contributed by atoms with Crippen LogP contribution >= 0.6 is 35.0 Å². The van der Waals surface area contributed by atoms with E-state index in [4.69, 9.17) is 27.9 Å². The number of amidine groups is 1. The molecular weight excluding hydrogens is 419 g/mol. The van der Waals surface area contributed by atoms with Crippen molar-refractivity contribution in [3.8, 4) is 5.75 Å². The number of nitrogens with zero attached hydrogens (tertiary/aromatic N) is 1. The molecule has 1 aliphatic rings. The number of nitrogens with one attached hydrogen (secondary N) is 1. The fourth-order valence-electron chi connectivity index (χ4n) is 2.41. The number of thioether (sulfide) groups is 1. The first-order chi connectivity index (χ1) is 13.3. The van der Waals surface area contributed by atoms with Crippen LogP contribution in [0.4, 0.5) is 0 Å². The number of ether oxygens (including phenoxy) is 1. The summed E-state index contributed by atoms with van der Waals surface area (Å²) >= 11 is 13.7. The minimum atomic E-state index is -0.430. The lowest BCUT2D eigenvalue weighted by atomic mass is 10.1. The first-order valence-corrected chi connectivity index (χ1v) is 9.86. The number of benzene rings is 2. The monoisotopic (exact) mass is 434 g/mol. The molecule has 3 rings (SSSR count). The number of aliphatic imine (C=N–C) groups is 1. The Balaban J connectivity index is 1.74. The fraction of sp³-hybridized carbons (Fsp3) is 0.150. The average molecular weight is 435 g/mol. The number of carbonyl (C=O) groups excluding carboxylic acids is 2. The van der Waals surface area contributed by atoms with Crippen molar-refractivity contribution in [3.05, 3.63) is 68.0 Å². The number of aryl methyl sites for hydroxylation is 1. The first kappa shape index (κ1) is 20.5. The molecule has 0 spiro atoms. The van der Waals surface area contributed by atoms with Crippen molar-refractivity contribution in [2.24, 2.45) is 4.99 Å². The fourth-order valence-corrected chi connectivity index (χ4v) is 3.88. The summed E-state index contributed by atoms with van der Waals surface area (Å²) in [6, 6.07) is 11.3. The summed E-state index contributed by atoms with van der Waals surface area (Å²) < 4.78 is 5.77. The first-order valence-electron chi connectivity index (χ1n) is 8.29. The van der Waals surface area contributed by atoms with E-state index in [9.17, 15) is 9.59 Å². The smallest absolute Gasteiger partial charge is 0.286 e. The molecule has 0 atom stereocenters. The standard InChI is InChI=1S/C20H16Cl2N2O3S/c1-11-3-5-13(6-4-11)10-27-18-15(21)7-14(8-16(18)22)9-17-19(26)24-20(28-17)23-12(2)25/h3-9H,10H2,1-2H3,(H,23,24,25,26)/b17-9+. The zero-order valence-corrected chi connectivity index (χ0v) is 17.4. The molecule has 2 aromatic rings. The van der Waals surface area contributed by atoms with Gasteiger partial charge in [0.1, 0.15) is 6.61 Å². The third kappa shape index (κ3) is 5.16. The van der Waals surface area contributed by atoms with Gasteiger partial charge in [0.15, 0.2) is 10.9 Å². The Morgan fingerprint density at radius 1 is 1.21 bits per heavy atom. The van der Waals surface area contributed by atoms with Crippen LogP contribution in [-0.4, -0.2) is 17.0 Å². The van der Waals surface area contributed by atoms with E-state index in [0.717, 1.165) is 17.3 Å². The Morgan fingerprint density at radius 3 is 2.46 bits per heavy atom. The predicted octanol–water partition coefficient (Wildman–Crippen LogP) is 4.99. The van der Waals surface area contributed by atoms with E-state index in [2.05, 4.69) is 10.3 Å². The number of hydrogen-bond acceptors (Lipinski definition) is 4. The van der Waals surface area contributed by atoms with E-state index in [-0.39, 0.29) is 11.1 Å². The lowest BCUT2D eigenvalue weighted by molar-refractivity contribution is -0.117. The van der Waals surface area contributed by atoms with Crippen LogP contribution in [0.25, 0.3) is 6.08 Å². The molecule has 0 unspecified atom stereocenters. The quantitative estimate of drug-likeness (QED) is 0.688. The molecule has 0 saturated heterocycles. The van der Waals surface area contributed by atoms with Crippen LogP contribution < -0.4 is 10.1 Å². The van der Waals surface area contributed by atoms with Gasteiger partial charge in [-0.2, -0.15) is 4.99 Å². The number of amides is 2. The van der Waals surface area contributed by atoms with Gasteiger partial charge in [-0.3, -0.25) is 9.59 Å². The van der Waals surface area contributed by atoms with E-state index >= 15 is 0 Å². The van der Waals surface area contributed by atoms with Crippen molar-refractivity contribution >= 4 is 58.0 Å². The number of carbonyl (C=O) groups is 2. The average Bonchev–Trinajstić information content (AvgIpc) is 2.94. The maximum Gasteiger partial charge on any atom is 0.286 e. The summed E-state index contributed by atoms with van der Waals surface area (Å²) in [5, 5.41) is 3.42. The van der Waals surface area contributed by atoms with Crippen molar-refractivity contribution in [2.75, 3.05) is 0 Å². The molecular formula is C20H16Cl2N2O3S. The number of hydrogen-bond donors (Lipinski definition) is 1. The summed E-state index contributed by atoms with van der Waals surface area (Å²) in [5.74, 6) is -0.339. The van der Waals surface area contributed by atoms with Crippen LogP contribution in [0.5, 0.6) is 5.75 Å². The Hall–Kier alpha value is -2.28. The van der Waals surface area contributed by atoms with E-state index in [0.29, 0.717) is 32.9 Å². The van der Waals surface area contributed by atoms with Crippen molar-refractivity contribution < 1.29 is 14.3 Å². The van der Waals surface area contributed by atoms with Crippen LogP contribution in [0.2, 0.25) is 10.0 Å². The maximum atomic E-state index is 12.0. The largest absolute Gasteiger partial charge is 0.486 e. The van der Waals surface area contributed by atoms with Gasteiger partial charge in [-0.25, -0.2) is 0 Å². The van der Waals surface area contributed by atoms with Crippen molar-refractivity contribution in [1.29, 1.82) is 0 Å². The molecule has 0 aromatic heterocycles. The van der Waals surface area contributed by atoms with Gasteiger partial charge >= 0.3 is 0 Å². The molecule has 2 amide bonds. The third-order valence-electron chi connectivity index (χ3n) is 3.73. The van der Waals surface area contributed by atoms with Crippen molar-refractivity contribution in [2.45, 2.75) is 20.5 Å². The zero-order chi connectivity index (χ0) is 20.3.